The maximum Gasteiger partial charge on any atom is 0.322 e. The lowest BCUT2D eigenvalue weighted by molar-refractivity contribution is 0.308. The molecule has 0 aliphatic heterocycles. The van der Waals surface area contributed by atoms with Crippen molar-refractivity contribution in [2.75, 3.05) is 19.0 Å². The molecule has 0 unspecified atom stereocenters. The lowest BCUT2D eigenvalue weighted by atomic mass is 10.7. The summed E-state index contributed by atoms with van der Waals surface area (Å²) in [6.45, 7) is 2.44. The van der Waals surface area contributed by atoms with E-state index in [1.54, 1.807) is 18.4 Å². The molecule has 17 heavy (non-hydrogen) atoms. The molecular weight excluding hydrogens is 256 g/mol. The molecule has 0 aromatic carbocycles. The van der Waals surface area contributed by atoms with Gasteiger partial charge in [-0.3, -0.25) is 0 Å². The standard InChI is InChI=1S/C10H12N4OS2/c1-3-15-9-12-8(11-2)13-10(14-9)17-7-5-4-6-16-7/h4-6H,3H2,1-2H3,(H,11,12,13,14). The smallest absolute Gasteiger partial charge is 0.322 e. The van der Waals surface area contributed by atoms with Gasteiger partial charge in [0, 0.05) is 7.05 Å². The monoisotopic (exact) mass is 268 g/mol. The van der Waals surface area contributed by atoms with Crippen molar-refractivity contribution < 1.29 is 4.74 Å². The first-order valence-corrected chi connectivity index (χ1v) is 6.79. The lowest BCUT2D eigenvalue weighted by Crippen LogP contribution is -2.04. The first kappa shape index (κ1) is 12.1. The Morgan fingerprint density at radius 2 is 2.29 bits per heavy atom. The van der Waals surface area contributed by atoms with Crippen LogP contribution >= 0.6 is 23.1 Å². The Hall–Kier alpha value is -1.34. The largest absolute Gasteiger partial charge is 0.464 e. The minimum absolute atomic E-state index is 0.353. The minimum Gasteiger partial charge on any atom is -0.464 e. The SMILES string of the molecule is CCOc1nc(NC)nc(Sc2cccs2)n1. The first-order valence-electron chi connectivity index (χ1n) is 5.09. The van der Waals surface area contributed by atoms with E-state index >= 15 is 0 Å². The Kier molecular flexibility index (Phi) is 4.16. The van der Waals surface area contributed by atoms with Crippen LogP contribution in [0.25, 0.3) is 0 Å². The molecule has 0 radical (unpaired) electrons. The number of ether oxygens (including phenoxy) is 1. The third-order valence-corrected chi connectivity index (χ3v) is 3.68. The second-order valence-corrected chi connectivity index (χ2v) is 5.16. The molecule has 0 bridgehead atoms. The van der Waals surface area contributed by atoms with Crippen molar-refractivity contribution in [3.8, 4) is 6.01 Å². The molecule has 0 fully saturated rings. The molecule has 0 saturated carbocycles. The minimum atomic E-state index is 0.353. The highest BCUT2D eigenvalue weighted by Gasteiger charge is 2.08. The summed E-state index contributed by atoms with van der Waals surface area (Å²) in [5.74, 6) is 0.516. The van der Waals surface area contributed by atoms with Crippen molar-refractivity contribution in [3.63, 3.8) is 0 Å². The molecule has 90 valence electrons. The Balaban J connectivity index is 2.23. The predicted octanol–water partition coefficient (Wildman–Crippen LogP) is 2.52. The number of hydrogen-bond donors (Lipinski definition) is 1. The van der Waals surface area contributed by atoms with E-state index in [0.717, 1.165) is 4.21 Å². The van der Waals surface area contributed by atoms with Gasteiger partial charge in [0.15, 0.2) is 0 Å². The highest BCUT2D eigenvalue weighted by Crippen LogP contribution is 2.29. The average Bonchev–Trinajstić information content (AvgIpc) is 2.82. The van der Waals surface area contributed by atoms with E-state index in [1.165, 1.54) is 11.8 Å². The van der Waals surface area contributed by atoms with Crippen LogP contribution in [-0.4, -0.2) is 28.6 Å². The third-order valence-electron chi connectivity index (χ3n) is 1.78. The molecule has 5 nitrogen and oxygen atoms in total. The van der Waals surface area contributed by atoms with Crippen molar-refractivity contribution in [2.24, 2.45) is 0 Å². The van der Waals surface area contributed by atoms with Gasteiger partial charge in [0.1, 0.15) is 0 Å². The highest BCUT2D eigenvalue weighted by atomic mass is 32.2. The zero-order chi connectivity index (χ0) is 12.1. The van der Waals surface area contributed by atoms with Gasteiger partial charge < -0.3 is 10.1 Å². The van der Waals surface area contributed by atoms with Crippen LogP contribution in [0.15, 0.2) is 26.9 Å². The van der Waals surface area contributed by atoms with Crippen LogP contribution in [0.2, 0.25) is 0 Å². The molecule has 0 aliphatic rings. The van der Waals surface area contributed by atoms with E-state index in [4.69, 9.17) is 4.74 Å². The number of nitrogens with one attached hydrogen (secondary N) is 1. The van der Waals surface area contributed by atoms with Gasteiger partial charge in [-0.2, -0.15) is 15.0 Å². The van der Waals surface area contributed by atoms with Crippen LogP contribution in [0.5, 0.6) is 6.01 Å². The summed E-state index contributed by atoms with van der Waals surface area (Å²) in [6.07, 6.45) is 0. The molecule has 2 aromatic rings. The van der Waals surface area contributed by atoms with Gasteiger partial charge in [-0.1, -0.05) is 6.07 Å². The Bertz CT molecular complexity index is 475. The summed E-state index contributed by atoms with van der Waals surface area (Å²) >= 11 is 3.15. The van der Waals surface area contributed by atoms with Gasteiger partial charge in [-0.15, -0.1) is 11.3 Å². The zero-order valence-corrected chi connectivity index (χ0v) is 11.1. The van der Waals surface area contributed by atoms with Crippen molar-refractivity contribution in [1.82, 2.24) is 15.0 Å². The summed E-state index contributed by atoms with van der Waals surface area (Å²) in [5, 5.41) is 5.55. The van der Waals surface area contributed by atoms with E-state index in [-0.39, 0.29) is 0 Å². The molecule has 1 N–H and O–H groups in total. The van der Waals surface area contributed by atoms with Crippen LogP contribution < -0.4 is 10.1 Å². The van der Waals surface area contributed by atoms with E-state index < -0.39 is 0 Å². The molecule has 2 heterocycles. The molecule has 0 amide bonds. The molecular formula is C10H12N4OS2. The Morgan fingerprint density at radius 3 is 2.94 bits per heavy atom. The van der Waals surface area contributed by atoms with Gasteiger partial charge >= 0.3 is 6.01 Å². The third kappa shape index (κ3) is 3.31. The molecule has 7 heteroatoms. The summed E-state index contributed by atoms with van der Waals surface area (Å²) in [4.78, 5) is 12.6. The second-order valence-electron chi connectivity index (χ2n) is 2.94. The predicted molar refractivity (Wildman–Crippen MR) is 69.0 cm³/mol. The molecule has 2 rings (SSSR count). The van der Waals surface area contributed by atoms with Crippen LogP contribution in [-0.2, 0) is 0 Å². The zero-order valence-electron chi connectivity index (χ0n) is 9.51. The number of rotatable bonds is 5. The number of anilines is 1. The molecule has 2 aromatic heterocycles. The number of hydrogen-bond acceptors (Lipinski definition) is 7. The Morgan fingerprint density at radius 1 is 1.41 bits per heavy atom. The molecule has 0 atom stereocenters. The van der Waals surface area contributed by atoms with E-state index in [2.05, 4.69) is 20.3 Å². The molecule has 0 aliphatic carbocycles. The van der Waals surface area contributed by atoms with E-state index in [0.29, 0.717) is 23.7 Å². The van der Waals surface area contributed by atoms with Crippen LogP contribution in [0.4, 0.5) is 5.95 Å². The summed E-state index contributed by atoms with van der Waals surface area (Å²) in [5.41, 5.74) is 0. The molecule has 0 saturated heterocycles. The van der Waals surface area contributed by atoms with Crippen molar-refractivity contribution in [3.05, 3.63) is 17.5 Å². The van der Waals surface area contributed by atoms with Crippen molar-refractivity contribution in [2.45, 2.75) is 16.3 Å². The van der Waals surface area contributed by atoms with E-state index in [9.17, 15) is 0 Å². The maximum absolute atomic E-state index is 5.30. The molecule has 0 spiro atoms. The first-order chi connectivity index (χ1) is 8.31. The van der Waals surface area contributed by atoms with E-state index in [1.807, 2.05) is 24.4 Å². The topological polar surface area (TPSA) is 59.9 Å². The maximum atomic E-state index is 5.30. The van der Waals surface area contributed by atoms with Gasteiger partial charge in [0.05, 0.1) is 10.8 Å². The normalized spacial score (nSPS) is 10.2. The second kappa shape index (κ2) is 5.83. The average molecular weight is 268 g/mol. The van der Waals surface area contributed by atoms with Crippen molar-refractivity contribution in [1.29, 1.82) is 0 Å². The quantitative estimate of drug-likeness (QED) is 0.899. The van der Waals surface area contributed by atoms with Gasteiger partial charge in [0.25, 0.3) is 0 Å². The van der Waals surface area contributed by atoms with Gasteiger partial charge in [-0.05, 0) is 30.1 Å². The lowest BCUT2D eigenvalue weighted by Gasteiger charge is -2.05. The van der Waals surface area contributed by atoms with Crippen LogP contribution in [0.3, 0.4) is 0 Å². The fourth-order valence-electron chi connectivity index (χ4n) is 1.10. The summed E-state index contributed by atoms with van der Waals surface area (Å²) in [7, 11) is 1.77. The number of aromatic nitrogens is 3. The van der Waals surface area contributed by atoms with Crippen molar-refractivity contribution >= 4 is 29.0 Å². The number of thiophene rings is 1. The van der Waals surface area contributed by atoms with Crippen LogP contribution in [0.1, 0.15) is 6.92 Å². The summed E-state index contributed by atoms with van der Waals surface area (Å²) < 4.78 is 6.44. The van der Waals surface area contributed by atoms with Gasteiger partial charge in [0.2, 0.25) is 11.1 Å². The highest BCUT2D eigenvalue weighted by molar-refractivity contribution is 8.01. The fraction of sp³-hybridized carbons (Fsp3) is 0.300. The van der Waals surface area contributed by atoms with Crippen LogP contribution in [0, 0.1) is 0 Å². The Labute approximate surface area is 108 Å². The van der Waals surface area contributed by atoms with Gasteiger partial charge in [-0.25, -0.2) is 0 Å². The summed E-state index contributed by atoms with van der Waals surface area (Å²) in [6, 6.07) is 4.38. The fourth-order valence-corrected chi connectivity index (χ4v) is 2.71. The number of nitrogens with zero attached hydrogens (tertiary/aromatic N) is 3.